The second-order valence-corrected chi connectivity index (χ2v) is 4.77. The van der Waals surface area contributed by atoms with Gasteiger partial charge >= 0.3 is 0 Å². The van der Waals surface area contributed by atoms with Crippen LogP contribution in [-0.4, -0.2) is 18.5 Å². The average Bonchev–Trinajstić information content (AvgIpc) is 2.56. The van der Waals surface area contributed by atoms with Gasteiger partial charge in [0.15, 0.2) is 5.78 Å². The molecule has 1 atom stereocenters. The van der Waals surface area contributed by atoms with Gasteiger partial charge in [-0.3, -0.25) is 4.79 Å². The standard InChI is InChI=1S/C19H20O2/c1-2-18(19(20)17-13-7-4-8-14-17)21-15-9-12-16-10-5-3-6-11-16/h3-14,18H,2,15H2,1H3. The highest BCUT2D eigenvalue weighted by atomic mass is 16.5. The zero-order valence-corrected chi connectivity index (χ0v) is 12.2. The number of ketones is 1. The molecular weight excluding hydrogens is 260 g/mol. The van der Waals surface area contributed by atoms with Crippen molar-refractivity contribution in [3.05, 3.63) is 77.9 Å². The highest BCUT2D eigenvalue weighted by molar-refractivity contribution is 5.99. The lowest BCUT2D eigenvalue weighted by atomic mass is 10.0. The van der Waals surface area contributed by atoms with Crippen molar-refractivity contribution in [2.24, 2.45) is 0 Å². The average molecular weight is 280 g/mol. The Morgan fingerprint density at radius 3 is 2.29 bits per heavy atom. The molecule has 0 fully saturated rings. The van der Waals surface area contributed by atoms with E-state index in [0.717, 1.165) is 5.56 Å². The van der Waals surface area contributed by atoms with E-state index in [4.69, 9.17) is 4.74 Å². The maximum absolute atomic E-state index is 12.3. The Morgan fingerprint density at radius 2 is 1.67 bits per heavy atom. The monoisotopic (exact) mass is 280 g/mol. The van der Waals surface area contributed by atoms with Crippen LogP contribution in [0.25, 0.3) is 6.08 Å². The molecule has 0 spiro atoms. The maximum atomic E-state index is 12.3. The number of hydrogen-bond donors (Lipinski definition) is 0. The van der Waals surface area contributed by atoms with Crippen molar-refractivity contribution in [3.63, 3.8) is 0 Å². The lowest BCUT2D eigenvalue weighted by Gasteiger charge is -2.13. The van der Waals surface area contributed by atoms with Gasteiger partial charge in [0.1, 0.15) is 6.10 Å². The van der Waals surface area contributed by atoms with Crippen LogP contribution in [0.2, 0.25) is 0 Å². The van der Waals surface area contributed by atoms with E-state index in [1.54, 1.807) is 0 Å². The Balaban J connectivity index is 1.88. The summed E-state index contributed by atoms with van der Waals surface area (Å²) in [4.78, 5) is 12.3. The zero-order chi connectivity index (χ0) is 14.9. The highest BCUT2D eigenvalue weighted by Gasteiger charge is 2.17. The first-order valence-electron chi connectivity index (χ1n) is 7.23. The van der Waals surface area contributed by atoms with Gasteiger partial charge in [0.25, 0.3) is 0 Å². The van der Waals surface area contributed by atoms with Crippen LogP contribution in [0.1, 0.15) is 29.3 Å². The van der Waals surface area contributed by atoms with Gasteiger partial charge in [0, 0.05) is 5.56 Å². The molecule has 2 aromatic rings. The predicted octanol–water partition coefficient (Wildman–Crippen LogP) is 4.38. The molecule has 2 rings (SSSR count). The number of hydrogen-bond acceptors (Lipinski definition) is 2. The predicted molar refractivity (Wildman–Crippen MR) is 86.3 cm³/mol. The molecule has 0 amide bonds. The van der Waals surface area contributed by atoms with Crippen molar-refractivity contribution in [2.75, 3.05) is 6.61 Å². The van der Waals surface area contributed by atoms with Gasteiger partial charge in [-0.25, -0.2) is 0 Å². The molecule has 108 valence electrons. The molecule has 2 heteroatoms. The van der Waals surface area contributed by atoms with Crippen molar-refractivity contribution in [2.45, 2.75) is 19.4 Å². The number of carbonyl (C=O) groups is 1. The van der Waals surface area contributed by atoms with Gasteiger partial charge in [-0.1, -0.05) is 79.7 Å². The Bertz CT molecular complexity index is 573. The SMILES string of the molecule is CCC(OCC=Cc1ccccc1)C(=O)c1ccccc1. The van der Waals surface area contributed by atoms with E-state index in [2.05, 4.69) is 0 Å². The normalized spacial score (nSPS) is 12.4. The molecular formula is C19H20O2. The molecule has 0 aromatic heterocycles. The van der Waals surface area contributed by atoms with E-state index in [1.165, 1.54) is 0 Å². The number of Topliss-reactive ketones (excluding diaryl/α,β-unsaturated/α-hetero) is 1. The highest BCUT2D eigenvalue weighted by Crippen LogP contribution is 2.10. The van der Waals surface area contributed by atoms with Gasteiger partial charge in [-0.05, 0) is 12.0 Å². The molecule has 2 aromatic carbocycles. The third kappa shape index (κ3) is 4.69. The smallest absolute Gasteiger partial charge is 0.191 e. The van der Waals surface area contributed by atoms with Crippen molar-refractivity contribution in [3.8, 4) is 0 Å². The topological polar surface area (TPSA) is 26.3 Å². The van der Waals surface area contributed by atoms with Crippen molar-refractivity contribution < 1.29 is 9.53 Å². The quantitative estimate of drug-likeness (QED) is 0.704. The summed E-state index contributed by atoms with van der Waals surface area (Å²) in [6, 6.07) is 19.3. The molecule has 0 aliphatic carbocycles. The minimum Gasteiger partial charge on any atom is -0.366 e. The third-order valence-corrected chi connectivity index (χ3v) is 3.23. The van der Waals surface area contributed by atoms with Gasteiger partial charge in [-0.2, -0.15) is 0 Å². The first-order valence-corrected chi connectivity index (χ1v) is 7.23. The molecule has 2 nitrogen and oxygen atoms in total. The summed E-state index contributed by atoms with van der Waals surface area (Å²) in [7, 11) is 0. The second kappa shape index (κ2) is 8.18. The number of carbonyl (C=O) groups excluding carboxylic acids is 1. The van der Waals surface area contributed by atoms with E-state index in [0.29, 0.717) is 18.6 Å². The third-order valence-electron chi connectivity index (χ3n) is 3.23. The minimum atomic E-state index is -0.382. The molecule has 0 aliphatic heterocycles. The summed E-state index contributed by atoms with van der Waals surface area (Å²) >= 11 is 0. The summed E-state index contributed by atoms with van der Waals surface area (Å²) < 4.78 is 5.69. The lowest BCUT2D eigenvalue weighted by molar-refractivity contribution is 0.0495. The van der Waals surface area contributed by atoms with Crippen molar-refractivity contribution in [1.29, 1.82) is 0 Å². The first-order chi connectivity index (χ1) is 10.3. The van der Waals surface area contributed by atoms with Gasteiger partial charge in [0.2, 0.25) is 0 Å². The fraction of sp³-hybridized carbons (Fsp3) is 0.211. The van der Waals surface area contributed by atoms with Gasteiger partial charge < -0.3 is 4.74 Å². The number of ether oxygens (including phenoxy) is 1. The Hall–Kier alpha value is -2.19. The summed E-state index contributed by atoms with van der Waals surface area (Å²) in [6.07, 6.45) is 4.23. The molecule has 0 bridgehead atoms. The number of rotatable bonds is 7. The van der Waals surface area contributed by atoms with Crippen molar-refractivity contribution >= 4 is 11.9 Å². The molecule has 21 heavy (non-hydrogen) atoms. The fourth-order valence-electron chi connectivity index (χ4n) is 2.09. The molecule has 0 aliphatic rings. The molecule has 0 radical (unpaired) electrons. The number of benzene rings is 2. The molecule has 0 saturated heterocycles. The van der Waals surface area contributed by atoms with Crippen LogP contribution in [0, 0.1) is 0 Å². The summed E-state index contributed by atoms with van der Waals surface area (Å²) in [5.41, 5.74) is 1.83. The lowest BCUT2D eigenvalue weighted by Crippen LogP contribution is -2.23. The van der Waals surface area contributed by atoms with E-state index in [1.807, 2.05) is 79.7 Å². The molecule has 1 unspecified atom stereocenters. The van der Waals surface area contributed by atoms with E-state index in [9.17, 15) is 4.79 Å². The minimum absolute atomic E-state index is 0.0474. The van der Waals surface area contributed by atoms with Crippen LogP contribution in [0.3, 0.4) is 0 Å². The maximum Gasteiger partial charge on any atom is 0.191 e. The van der Waals surface area contributed by atoms with E-state index >= 15 is 0 Å². The summed E-state index contributed by atoms with van der Waals surface area (Å²) in [5, 5.41) is 0. The van der Waals surface area contributed by atoms with E-state index < -0.39 is 0 Å². The van der Waals surface area contributed by atoms with Crippen LogP contribution >= 0.6 is 0 Å². The first kappa shape index (κ1) is 15.2. The Labute approximate surface area is 126 Å². The van der Waals surface area contributed by atoms with Gasteiger partial charge in [-0.15, -0.1) is 0 Å². The summed E-state index contributed by atoms with van der Waals surface area (Å²) in [5.74, 6) is 0.0474. The van der Waals surface area contributed by atoms with Crippen LogP contribution in [0.5, 0.6) is 0 Å². The van der Waals surface area contributed by atoms with Crippen LogP contribution in [0.15, 0.2) is 66.7 Å². The zero-order valence-electron chi connectivity index (χ0n) is 12.2. The Kier molecular flexibility index (Phi) is 5.92. The van der Waals surface area contributed by atoms with Crippen LogP contribution in [-0.2, 0) is 4.74 Å². The van der Waals surface area contributed by atoms with E-state index in [-0.39, 0.29) is 11.9 Å². The second-order valence-electron chi connectivity index (χ2n) is 4.77. The van der Waals surface area contributed by atoms with Crippen molar-refractivity contribution in [1.82, 2.24) is 0 Å². The fourth-order valence-corrected chi connectivity index (χ4v) is 2.09. The molecule has 0 N–H and O–H groups in total. The largest absolute Gasteiger partial charge is 0.366 e. The molecule has 0 heterocycles. The summed E-state index contributed by atoms with van der Waals surface area (Å²) in [6.45, 7) is 2.40. The van der Waals surface area contributed by atoms with Crippen LogP contribution in [0.4, 0.5) is 0 Å². The molecule has 0 saturated carbocycles. The van der Waals surface area contributed by atoms with Gasteiger partial charge in [0.05, 0.1) is 6.61 Å². The Morgan fingerprint density at radius 1 is 1.05 bits per heavy atom. The van der Waals surface area contributed by atoms with Crippen LogP contribution < -0.4 is 0 Å².